The minimum atomic E-state index is -0.250. The summed E-state index contributed by atoms with van der Waals surface area (Å²) in [5, 5.41) is 19.0. The van der Waals surface area contributed by atoms with Gasteiger partial charge < -0.3 is 15.2 Å². The number of ether oxygens (including phenoxy) is 1. The lowest BCUT2D eigenvalue weighted by Gasteiger charge is -2.18. The number of carboxylic acid groups (broad SMARTS) is 1. The molecule has 1 fully saturated rings. The average molecular weight is 292 g/mol. The van der Waals surface area contributed by atoms with E-state index in [9.17, 15) is 0 Å². The smallest absolute Gasteiger partial charge is 0.290 e. The minimum absolute atomic E-state index is 0.183. The first-order valence-corrected chi connectivity index (χ1v) is 6.64. The van der Waals surface area contributed by atoms with Gasteiger partial charge in [0.1, 0.15) is 11.9 Å². The molecule has 2 heterocycles. The number of carbonyl (C=O) groups is 1. The molecule has 7 nitrogen and oxygen atoms in total. The van der Waals surface area contributed by atoms with Gasteiger partial charge in [0.25, 0.3) is 6.47 Å². The van der Waals surface area contributed by atoms with E-state index in [4.69, 9.17) is 19.9 Å². The number of hydrogen-bond donors (Lipinski definition) is 2. The van der Waals surface area contributed by atoms with E-state index in [-0.39, 0.29) is 18.6 Å². The molecule has 1 aliphatic heterocycles. The first-order valence-electron chi connectivity index (χ1n) is 6.64. The molecule has 0 radical (unpaired) electrons. The molecule has 2 rings (SSSR count). The van der Waals surface area contributed by atoms with Crippen molar-refractivity contribution in [1.82, 2.24) is 9.88 Å². The SMILES string of the molecule is CCN1C[C@H](Nc2ccc(C#N)cn2)[C@@H](OC)C1.O=CO. The van der Waals surface area contributed by atoms with Gasteiger partial charge in [-0.25, -0.2) is 4.98 Å². The van der Waals surface area contributed by atoms with Crippen LogP contribution < -0.4 is 5.32 Å². The van der Waals surface area contributed by atoms with Gasteiger partial charge in [-0.05, 0) is 18.7 Å². The number of hydrogen-bond acceptors (Lipinski definition) is 6. The van der Waals surface area contributed by atoms with Crippen molar-refractivity contribution >= 4 is 12.3 Å². The minimum Gasteiger partial charge on any atom is -0.483 e. The maximum atomic E-state index is 8.72. The highest BCUT2D eigenvalue weighted by Crippen LogP contribution is 2.17. The second-order valence-corrected chi connectivity index (χ2v) is 4.53. The maximum absolute atomic E-state index is 8.72. The van der Waals surface area contributed by atoms with Gasteiger partial charge in [0.05, 0.1) is 17.7 Å². The average Bonchev–Trinajstić information content (AvgIpc) is 2.91. The Morgan fingerprint density at radius 3 is 2.81 bits per heavy atom. The monoisotopic (exact) mass is 292 g/mol. The Morgan fingerprint density at radius 2 is 2.33 bits per heavy atom. The highest BCUT2D eigenvalue weighted by Gasteiger charge is 2.31. The molecule has 0 spiro atoms. The number of likely N-dealkylation sites (N-methyl/N-ethyl adjacent to an activating group) is 1. The van der Waals surface area contributed by atoms with E-state index in [1.807, 2.05) is 6.07 Å². The van der Waals surface area contributed by atoms with Crippen LogP contribution in [0.25, 0.3) is 0 Å². The third-order valence-corrected chi connectivity index (χ3v) is 3.32. The fourth-order valence-corrected chi connectivity index (χ4v) is 2.22. The zero-order valence-electron chi connectivity index (χ0n) is 12.2. The van der Waals surface area contributed by atoms with Gasteiger partial charge in [-0.3, -0.25) is 9.69 Å². The highest BCUT2D eigenvalue weighted by atomic mass is 16.5. The van der Waals surface area contributed by atoms with E-state index in [1.54, 1.807) is 19.4 Å². The molecule has 0 bridgehead atoms. The van der Waals surface area contributed by atoms with Crippen molar-refractivity contribution in [1.29, 1.82) is 5.26 Å². The van der Waals surface area contributed by atoms with Crippen LogP contribution in [-0.4, -0.2) is 60.4 Å². The largest absolute Gasteiger partial charge is 0.483 e. The van der Waals surface area contributed by atoms with Crippen LogP contribution in [0.1, 0.15) is 12.5 Å². The molecule has 0 aromatic carbocycles. The van der Waals surface area contributed by atoms with E-state index in [2.05, 4.69) is 28.2 Å². The molecule has 1 aromatic heterocycles. The van der Waals surface area contributed by atoms with Crippen molar-refractivity contribution in [3.05, 3.63) is 23.9 Å². The van der Waals surface area contributed by atoms with E-state index < -0.39 is 0 Å². The molecule has 0 aliphatic carbocycles. The van der Waals surface area contributed by atoms with Crippen molar-refractivity contribution in [3.8, 4) is 6.07 Å². The molecule has 114 valence electrons. The van der Waals surface area contributed by atoms with Crippen LogP contribution >= 0.6 is 0 Å². The van der Waals surface area contributed by atoms with E-state index >= 15 is 0 Å². The number of pyridine rings is 1. The topological polar surface area (TPSA) is 98.5 Å². The van der Waals surface area contributed by atoms with E-state index in [0.29, 0.717) is 5.56 Å². The number of anilines is 1. The number of aromatic nitrogens is 1. The van der Waals surface area contributed by atoms with Gasteiger partial charge in [-0.2, -0.15) is 5.26 Å². The molecule has 0 unspecified atom stereocenters. The van der Waals surface area contributed by atoms with Gasteiger partial charge in [0, 0.05) is 26.4 Å². The Balaban J connectivity index is 0.000000677. The second kappa shape index (κ2) is 8.89. The summed E-state index contributed by atoms with van der Waals surface area (Å²) in [5.41, 5.74) is 0.574. The normalized spacial score (nSPS) is 21.0. The number of methoxy groups -OCH3 is 1. The molecular weight excluding hydrogens is 272 g/mol. The Hall–Kier alpha value is -2.17. The Bertz CT molecular complexity index is 472. The molecule has 1 saturated heterocycles. The first kappa shape index (κ1) is 16.9. The number of nitrogens with zero attached hydrogens (tertiary/aromatic N) is 3. The molecule has 0 saturated carbocycles. The lowest BCUT2D eigenvalue weighted by molar-refractivity contribution is -0.122. The molecule has 2 N–H and O–H groups in total. The van der Waals surface area contributed by atoms with Crippen LogP contribution in [0.15, 0.2) is 18.3 Å². The molecule has 1 aromatic rings. The zero-order chi connectivity index (χ0) is 15.7. The van der Waals surface area contributed by atoms with Crippen molar-refractivity contribution in [2.45, 2.75) is 19.1 Å². The quantitative estimate of drug-likeness (QED) is 0.791. The molecule has 1 aliphatic rings. The van der Waals surface area contributed by atoms with E-state index in [0.717, 1.165) is 25.5 Å². The summed E-state index contributed by atoms with van der Waals surface area (Å²) in [6, 6.07) is 5.91. The number of nitrogens with one attached hydrogen (secondary N) is 1. The molecule has 0 amide bonds. The molecule has 2 atom stereocenters. The number of rotatable bonds is 4. The van der Waals surface area contributed by atoms with Crippen LogP contribution in [0.2, 0.25) is 0 Å². The fraction of sp³-hybridized carbons (Fsp3) is 0.500. The lowest BCUT2D eigenvalue weighted by Crippen LogP contribution is -2.33. The Kier molecular flexibility index (Phi) is 7.15. The van der Waals surface area contributed by atoms with Gasteiger partial charge >= 0.3 is 0 Å². The van der Waals surface area contributed by atoms with Gasteiger partial charge in [-0.15, -0.1) is 0 Å². The second-order valence-electron chi connectivity index (χ2n) is 4.53. The third-order valence-electron chi connectivity index (χ3n) is 3.32. The van der Waals surface area contributed by atoms with Crippen LogP contribution in [0.3, 0.4) is 0 Å². The summed E-state index contributed by atoms with van der Waals surface area (Å²) in [4.78, 5) is 14.9. The lowest BCUT2D eigenvalue weighted by atomic mass is 10.2. The zero-order valence-corrected chi connectivity index (χ0v) is 12.2. The predicted octanol–water partition coefficient (Wildman–Crippen LogP) is 0.785. The summed E-state index contributed by atoms with van der Waals surface area (Å²) in [5.74, 6) is 0.791. The molecule has 7 heteroatoms. The fourth-order valence-electron chi connectivity index (χ4n) is 2.22. The number of nitriles is 1. The molecular formula is C14H20N4O3. The predicted molar refractivity (Wildman–Crippen MR) is 78.0 cm³/mol. The van der Waals surface area contributed by atoms with Crippen molar-refractivity contribution < 1.29 is 14.6 Å². The van der Waals surface area contributed by atoms with E-state index in [1.165, 1.54) is 0 Å². The summed E-state index contributed by atoms with van der Waals surface area (Å²) < 4.78 is 5.49. The summed E-state index contributed by atoms with van der Waals surface area (Å²) in [6.45, 7) is 4.82. The molecule has 21 heavy (non-hydrogen) atoms. The van der Waals surface area contributed by atoms with Crippen molar-refractivity contribution in [3.63, 3.8) is 0 Å². The van der Waals surface area contributed by atoms with Crippen molar-refractivity contribution in [2.24, 2.45) is 0 Å². The van der Waals surface area contributed by atoms with Gasteiger partial charge in [0.15, 0.2) is 0 Å². The van der Waals surface area contributed by atoms with Crippen LogP contribution in [-0.2, 0) is 9.53 Å². The summed E-state index contributed by atoms with van der Waals surface area (Å²) >= 11 is 0. The standard InChI is InChI=1S/C13H18N4O.CH2O2/c1-3-17-8-11(12(9-17)18-2)16-13-5-4-10(6-14)7-15-13;2-1-3/h4-5,7,11-12H,3,8-9H2,1-2H3,(H,15,16);1H,(H,2,3)/t11-,12-;/m0./s1. The third kappa shape index (κ3) is 5.02. The highest BCUT2D eigenvalue weighted by molar-refractivity contribution is 5.40. The van der Waals surface area contributed by atoms with Crippen LogP contribution in [0.5, 0.6) is 0 Å². The van der Waals surface area contributed by atoms with Gasteiger partial charge in [0.2, 0.25) is 0 Å². The van der Waals surface area contributed by atoms with Crippen LogP contribution in [0, 0.1) is 11.3 Å². The van der Waals surface area contributed by atoms with Crippen LogP contribution in [0.4, 0.5) is 5.82 Å². The summed E-state index contributed by atoms with van der Waals surface area (Å²) in [7, 11) is 1.74. The first-order chi connectivity index (χ1) is 10.2. The number of likely N-dealkylation sites (tertiary alicyclic amines) is 1. The van der Waals surface area contributed by atoms with Crippen molar-refractivity contribution in [2.75, 3.05) is 32.1 Å². The van der Waals surface area contributed by atoms with Gasteiger partial charge in [-0.1, -0.05) is 6.92 Å². The Labute approximate surface area is 124 Å². The Morgan fingerprint density at radius 1 is 1.62 bits per heavy atom. The summed E-state index contributed by atoms with van der Waals surface area (Å²) in [6.07, 6.45) is 1.76. The maximum Gasteiger partial charge on any atom is 0.290 e.